The molecule has 1 N–H and O–H groups in total. The summed E-state index contributed by atoms with van der Waals surface area (Å²) in [7, 11) is 0. The SMILES string of the molecule is CC[C@@H](C(=O)NCCOc1ccccc1)c1ccccc1. The van der Waals surface area contributed by atoms with Crippen molar-refractivity contribution in [3.05, 3.63) is 66.2 Å². The smallest absolute Gasteiger partial charge is 0.227 e. The van der Waals surface area contributed by atoms with E-state index < -0.39 is 0 Å². The summed E-state index contributed by atoms with van der Waals surface area (Å²) >= 11 is 0. The van der Waals surface area contributed by atoms with Gasteiger partial charge in [-0.05, 0) is 24.1 Å². The molecular weight excluding hydrogens is 262 g/mol. The van der Waals surface area contributed by atoms with Crippen molar-refractivity contribution in [1.82, 2.24) is 5.32 Å². The molecule has 0 aromatic heterocycles. The number of hydrogen-bond donors (Lipinski definition) is 1. The lowest BCUT2D eigenvalue weighted by Gasteiger charge is -2.15. The van der Waals surface area contributed by atoms with Gasteiger partial charge in [-0.1, -0.05) is 55.5 Å². The number of carbonyl (C=O) groups is 1. The van der Waals surface area contributed by atoms with Crippen molar-refractivity contribution in [3.8, 4) is 5.75 Å². The van der Waals surface area contributed by atoms with Crippen molar-refractivity contribution in [1.29, 1.82) is 0 Å². The lowest BCUT2D eigenvalue weighted by molar-refractivity contribution is -0.122. The van der Waals surface area contributed by atoms with Gasteiger partial charge in [0.05, 0.1) is 12.5 Å². The summed E-state index contributed by atoms with van der Waals surface area (Å²) in [5, 5.41) is 2.94. The van der Waals surface area contributed by atoms with Gasteiger partial charge in [-0.2, -0.15) is 0 Å². The van der Waals surface area contributed by atoms with Crippen LogP contribution in [0.15, 0.2) is 60.7 Å². The van der Waals surface area contributed by atoms with E-state index in [1.165, 1.54) is 0 Å². The molecule has 1 amide bonds. The van der Waals surface area contributed by atoms with Gasteiger partial charge in [-0.3, -0.25) is 4.79 Å². The summed E-state index contributed by atoms with van der Waals surface area (Å²) < 4.78 is 5.56. The molecule has 0 aliphatic carbocycles. The van der Waals surface area contributed by atoms with Gasteiger partial charge in [-0.15, -0.1) is 0 Å². The van der Waals surface area contributed by atoms with E-state index in [0.29, 0.717) is 13.2 Å². The zero-order chi connectivity index (χ0) is 14.9. The van der Waals surface area contributed by atoms with Crippen LogP contribution in [0.4, 0.5) is 0 Å². The third kappa shape index (κ3) is 4.63. The molecule has 0 aliphatic rings. The van der Waals surface area contributed by atoms with Gasteiger partial charge in [0, 0.05) is 0 Å². The molecule has 2 rings (SSSR count). The second-order valence-corrected chi connectivity index (χ2v) is 4.82. The molecule has 0 spiro atoms. The molecule has 2 aromatic carbocycles. The Labute approximate surface area is 126 Å². The zero-order valence-electron chi connectivity index (χ0n) is 12.3. The van der Waals surface area contributed by atoms with E-state index in [4.69, 9.17) is 4.74 Å². The van der Waals surface area contributed by atoms with Gasteiger partial charge in [0.25, 0.3) is 0 Å². The van der Waals surface area contributed by atoms with Crippen LogP contribution in [0.3, 0.4) is 0 Å². The second kappa shape index (κ2) is 8.10. The summed E-state index contributed by atoms with van der Waals surface area (Å²) in [5.41, 5.74) is 1.06. The van der Waals surface area contributed by atoms with Gasteiger partial charge >= 0.3 is 0 Å². The summed E-state index contributed by atoms with van der Waals surface area (Å²) in [6.07, 6.45) is 0.787. The first-order chi connectivity index (χ1) is 10.3. The largest absolute Gasteiger partial charge is 0.492 e. The molecule has 110 valence electrons. The van der Waals surface area contributed by atoms with Crippen LogP contribution >= 0.6 is 0 Å². The van der Waals surface area contributed by atoms with Crippen molar-refractivity contribution in [2.24, 2.45) is 0 Å². The fraction of sp³-hybridized carbons (Fsp3) is 0.278. The fourth-order valence-corrected chi connectivity index (χ4v) is 2.24. The van der Waals surface area contributed by atoms with Crippen molar-refractivity contribution in [3.63, 3.8) is 0 Å². The molecular formula is C18H21NO2. The van der Waals surface area contributed by atoms with Crippen molar-refractivity contribution < 1.29 is 9.53 Å². The van der Waals surface area contributed by atoms with E-state index in [2.05, 4.69) is 5.32 Å². The molecule has 0 saturated heterocycles. The first-order valence-electron chi connectivity index (χ1n) is 7.31. The molecule has 0 radical (unpaired) electrons. The van der Waals surface area contributed by atoms with Crippen molar-refractivity contribution in [2.75, 3.05) is 13.2 Å². The Kier molecular flexibility index (Phi) is 5.83. The molecule has 0 bridgehead atoms. The normalized spacial score (nSPS) is 11.7. The molecule has 0 saturated carbocycles. The predicted octanol–water partition coefficient (Wildman–Crippen LogP) is 3.38. The lowest BCUT2D eigenvalue weighted by Crippen LogP contribution is -2.32. The maximum absolute atomic E-state index is 12.2. The molecule has 21 heavy (non-hydrogen) atoms. The topological polar surface area (TPSA) is 38.3 Å². The minimum atomic E-state index is -0.0945. The number of nitrogens with one attached hydrogen (secondary N) is 1. The second-order valence-electron chi connectivity index (χ2n) is 4.82. The first-order valence-corrected chi connectivity index (χ1v) is 7.31. The molecule has 3 nitrogen and oxygen atoms in total. The Morgan fingerprint density at radius 1 is 1.05 bits per heavy atom. The zero-order valence-corrected chi connectivity index (χ0v) is 12.3. The quantitative estimate of drug-likeness (QED) is 0.791. The number of hydrogen-bond acceptors (Lipinski definition) is 2. The highest BCUT2D eigenvalue weighted by molar-refractivity contribution is 5.83. The number of amides is 1. The van der Waals surface area contributed by atoms with E-state index in [1.807, 2.05) is 67.6 Å². The fourth-order valence-electron chi connectivity index (χ4n) is 2.24. The minimum absolute atomic E-state index is 0.0559. The Morgan fingerprint density at radius 3 is 2.29 bits per heavy atom. The lowest BCUT2D eigenvalue weighted by atomic mass is 9.96. The highest BCUT2D eigenvalue weighted by Crippen LogP contribution is 2.19. The Balaban J connectivity index is 1.78. The number of carbonyl (C=O) groups excluding carboxylic acids is 1. The summed E-state index contributed by atoms with van der Waals surface area (Å²) in [5.74, 6) is 0.783. The monoisotopic (exact) mass is 283 g/mol. The van der Waals surface area contributed by atoms with E-state index in [0.717, 1.165) is 17.7 Å². The van der Waals surface area contributed by atoms with Crippen LogP contribution in [0, 0.1) is 0 Å². The highest BCUT2D eigenvalue weighted by atomic mass is 16.5. The maximum Gasteiger partial charge on any atom is 0.227 e. The molecule has 1 atom stereocenters. The van der Waals surface area contributed by atoms with Gasteiger partial charge in [-0.25, -0.2) is 0 Å². The van der Waals surface area contributed by atoms with Crippen LogP contribution in [0.1, 0.15) is 24.8 Å². The van der Waals surface area contributed by atoms with E-state index in [1.54, 1.807) is 0 Å². The summed E-state index contributed by atoms with van der Waals surface area (Å²) in [6, 6.07) is 19.5. The molecule has 2 aromatic rings. The molecule has 0 heterocycles. The average Bonchev–Trinajstić information content (AvgIpc) is 2.54. The van der Waals surface area contributed by atoms with Crippen LogP contribution in [-0.4, -0.2) is 19.1 Å². The van der Waals surface area contributed by atoms with Gasteiger partial charge in [0.2, 0.25) is 5.91 Å². The van der Waals surface area contributed by atoms with E-state index in [9.17, 15) is 4.79 Å². The third-order valence-electron chi connectivity index (χ3n) is 3.34. The maximum atomic E-state index is 12.2. The number of para-hydroxylation sites is 1. The van der Waals surface area contributed by atoms with Gasteiger partial charge < -0.3 is 10.1 Å². The highest BCUT2D eigenvalue weighted by Gasteiger charge is 2.17. The van der Waals surface area contributed by atoms with Crippen molar-refractivity contribution >= 4 is 5.91 Å². The first kappa shape index (κ1) is 15.1. The van der Waals surface area contributed by atoms with Crippen molar-refractivity contribution in [2.45, 2.75) is 19.3 Å². The summed E-state index contributed by atoms with van der Waals surface area (Å²) in [4.78, 5) is 12.2. The average molecular weight is 283 g/mol. The molecule has 0 fully saturated rings. The van der Waals surface area contributed by atoms with Crippen LogP contribution in [0.5, 0.6) is 5.75 Å². The predicted molar refractivity (Wildman–Crippen MR) is 84.4 cm³/mol. The molecule has 3 heteroatoms. The van der Waals surface area contributed by atoms with Gasteiger partial charge in [0.1, 0.15) is 12.4 Å². The van der Waals surface area contributed by atoms with Crippen LogP contribution < -0.4 is 10.1 Å². The van der Waals surface area contributed by atoms with Crippen LogP contribution in [0.2, 0.25) is 0 Å². The summed E-state index contributed by atoms with van der Waals surface area (Å²) in [6.45, 7) is 3.01. The third-order valence-corrected chi connectivity index (χ3v) is 3.34. The Hall–Kier alpha value is -2.29. The molecule has 0 aliphatic heterocycles. The Morgan fingerprint density at radius 2 is 1.67 bits per heavy atom. The van der Waals surface area contributed by atoms with E-state index >= 15 is 0 Å². The molecule has 0 unspecified atom stereocenters. The number of rotatable bonds is 7. The Bertz CT molecular complexity index is 540. The number of benzene rings is 2. The number of ether oxygens (including phenoxy) is 1. The van der Waals surface area contributed by atoms with Crippen LogP contribution in [0.25, 0.3) is 0 Å². The standard InChI is InChI=1S/C18H21NO2/c1-2-17(15-9-5-3-6-10-15)18(20)19-13-14-21-16-11-7-4-8-12-16/h3-12,17H,2,13-14H2,1H3,(H,19,20)/t17-/m1/s1. The van der Waals surface area contributed by atoms with E-state index in [-0.39, 0.29) is 11.8 Å². The van der Waals surface area contributed by atoms with Crippen LogP contribution in [-0.2, 0) is 4.79 Å². The van der Waals surface area contributed by atoms with Gasteiger partial charge in [0.15, 0.2) is 0 Å². The minimum Gasteiger partial charge on any atom is -0.492 e.